The molecule has 0 aliphatic carbocycles. The Hall–Kier alpha value is -1.00. The summed E-state index contributed by atoms with van der Waals surface area (Å²) in [7, 11) is 0. The molecule has 1 aromatic carbocycles. The average molecular weight is 264 g/mol. The van der Waals surface area contributed by atoms with Crippen LogP contribution in [0.5, 0.6) is 0 Å². The summed E-state index contributed by atoms with van der Waals surface area (Å²) in [5, 5.41) is 6.36. The summed E-state index contributed by atoms with van der Waals surface area (Å²) in [6.45, 7) is 2.83. The van der Waals surface area contributed by atoms with E-state index < -0.39 is 0 Å². The number of hydrogen-bond acceptors (Lipinski definition) is 3. The maximum atomic E-state index is 12.1. The van der Waals surface area contributed by atoms with Crippen LogP contribution in [0.15, 0.2) is 24.3 Å². The van der Waals surface area contributed by atoms with Gasteiger partial charge in [-0.1, -0.05) is 24.3 Å². The normalized spacial score (nSPS) is 20.0. The highest BCUT2D eigenvalue weighted by molar-refractivity contribution is 7.98. The lowest BCUT2D eigenvalue weighted by Gasteiger charge is -2.26. The Kier molecular flexibility index (Phi) is 4.66. The third kappa shape index (κ3) is 3.27. The lowest BCUT2D eigenvalue weighted by Crippen LogP contribution is -2.50. The number of carbonyl (C=O) groups is 1. The topological polar surface area (TPSA) is 41.1 Å². The largest absolute Gasteiger partial charge is 0.351 e. The third-order valence-electron chi connectivity index (χ3n) is 3.20. The van der Waals surface area contributed by atoms with Gasteiger partial charge >= 0.3 is 0 Å². The standard InChI is InChI=1S/C14H20N2OS/c1-10(9-18-2)16-14(17)13-7-11-5-3-4-6-12(11)8-15-13/h3-6,10,13,15H,7-9H2,1-2H3,(H,16,17). The molecule has 2 N–H and O–H groups in total. The molecule has 1 amide bonds. The summed E-state index contributed by atoms with van der Waals surface area (Å²) in [6.07, 6.45) is 2.84. The lowest BCUT2D eigenvalue weighted by molar-refractivity contribution is -0.123. The van der Waals surface area contributed by atoms with Crippen molar-refractivity contribution in [3.8, 4) is 0 Å². The van der Waals surface area contributed by atoms with Gasteiger partial charge in [-0.2, -0.15) is 11.8 Å². The van der Waals surface area contributed by atoms with Crippen molar-refractivity contribution in [2.24, 2.45) is 0 Å². The van der Waals surface area contributed by atoms with Crippen LogP contribution in [0.3, 0.4) is 0 Å². The first-order valence-corrected chi connectivity index (χ1v) is 7.69. The van der Waals surface area contributed by atoms with Crippen molar-refractivity contribution >= 4 is 17.7 Å². The third-order valence-corrected chi connectivity index (χ3v) is 4.04. The minimum absolute atomic E-state index is 0.0933. The quantitative estimate of drug-likeness (QED) is 0.867. The number of nitrogens with one attached hydrogen (secondary N) is 2. The number of thioether (sulfide) groups is 1. The monoisotopic (exact) mass is 264 g/mol. The second kappa shape index (κ2) is 6.25. The number of carbonyl (C=O) groups excluding carboxylic acids is 1. The van der Waals surface area contributed by atoms with Crippen molar-refractivity contribution in [3.05, 3.63) is 35.4 Å². The molecule has 0 fully saturated rings. The number of fused-ring (bicyclic) bond motifs is 1. The maximum absolute atomic E-state index is 12.1. The molecule has 1 heterocycles. The molecule has 2 atom stereocenters. The highest BCUT2D eigenvalue weighted by atomic mass is 32.2. The van der Waals surface area contributed by atoms with E-state index in [9.17, 15) is 4.79 Å². The van der Waals surface area contributed by atoms with Crippen LogP contribution in [0.1, 0.15) is 18.1 Å². The minimum atomic E-state index is -0.0933. The molecule has 0 spiro atoms. The zero-order valence-corrected chi connectivity index (χ0v) is 11.7. The van der Waals surface area contributed by atoms with Crippen LogP contribution in [-0.2, 0) is 17.8 Å². The summed E-state index contributed by atoms with van der Waals surface area (Å²) >= 11 is 1.75. The number of rotatable bonds is 4. The van der Waals surface area contributed by atoms with E-state index in [1.165, 1.54) is 11.1 Å². The molecule has 1 aromatic rings. The molecule has 2 rings (SSSR count). The van der Waals surface area contributed by atoms with E-state index in [0.29, 0.717) is 0 Å². The van der Waals surface area contributed by atoms with Gasteiger partial charge in [0.25, 0.3) is 0 Å². The zero-order valence-electron chi connectivity index (χ0n) is 10.9. The molecule has 1 aliphatic heterocycles. The van der Waals surface area contributed by atoms with Gasteiger partial charge in [-0.05, 0) is 30.7 Å². The molecule has 2 unspecified atom stereocenters. The first kappa shape index (κ1) is 13.4. The number of hydrogen-bond donors (Lipinski definition) is 2. The Morgan fingerprint density at radius 3 is 2.94 bits per heavy atom. The second-order valence-electron chi connectivity index (χ2n) is 4.77. The fourth-order valence-electron chi connectivity index (χ4n) is 2.27. The van der Waals surface area contributed by atoms with Crippen molar-refractivity contribution in [2.75, 3.05) is 12.0 Å². The molecule has 0 saturated heterocycles. The molecule has 0 saturated carbocycles. The smallest absolute Gasteiger partial charge is 0.237 e. The van der Waals surface area contributed by atoms with Gasteiger partial charge in [-0.25, -0.2) is 0 Å². The maximum Gasteiger partial charge on any atom is 0.237 e. The summed E-state index contributed by atoms with van der Waals surface area (Å²) in [5.74, 6) is 1.07. The zero-order chi connectivity index (χ0) is 13.0. The Morgan fingerprint density at radius 1 is 1.50 bits per heavy atom. The first-order valence-electron chi connectivity index (χ1n) is 6.30. The van der Waals surface area contributed by atoms with Crippen LogP contribution in [0.4, 0.5) is 0 Å². The highest BCUT2D eigenvalue weighted by Crippen LogP contribution is 2.16. The Bertz CT molecular complexity index is 422. The molecule has 0 aromatic heterocycles. The molecule has 1 aliphatic rings. The summed E-state index contributed by atoms with van der Waals surface area (Å²) in [4.78, 5) is 12.1. The van der Waals surface area contributed by atoms with E-state index >= 15 is 0 Å². The van der Waals surface area contributed by atoms with Crippen LogP contribution in [0.2, 0.25) is 0 Å². The highest BCUT2D eigenvalue weighted by Gasteiger charge is 2.24. The average Bonchev–Trinajstić information content (AvgIpc) is 2.38. The Balaban J connectivity index is 1.94. The van der Waals surface area contributed by atoms with Gasteiger partial charge in [-0.15, -0.1) is 0 Å². The molecule has 4 heteroatoms. The molecular formula is C14H20N2OS. The van der Waals surface area contributed by atoms with E-state index in [1.54, 1.807) is 11.8 Å². The molecule has 0 radical (unpaired) electrons. The van der Waals surface area contributed by atoms with E-state index in [-0.39, 0.29) is 18.0 Å². The van der Waals surface area contributed by atoms with E-state index in [2.05, 4.69) is 29.0 Å². The van der Waals surface area contributed by atoms with Crippen LogP contribution < -0.4 is 10.6 Å². The molecule has 3 nitrogen and oxygen atoms in total. The minimum Gasteiger partial charge on any atom is -0.351 e. The van der Waals surface area contributed by atoms with Gasteiger partial charge in [0.05, 0.1) is 6.04 Å². The molecular weight excluding hydrogens is 244 g/mol. The van der Waals surface area contributed by atoms with Gasteiger partial charge in [0.2, 0.25) is 5.91 Å². The van der Waals surface area contributed by atoms with Crippen LogP contribution in [0.25, 0.3) is 0 Å². The van der Waals surface area contributed by atoms with Crippen LogP contribution in [-0.4, -0.2) is 30.0 Å². The van der Waals surface area contributed by atoms with Crippen molar-refractivity contribution in [1.29, 1.82) is 0 Å². The van der Waals surface area contributed by atoms with Crippen molar-refractivity contribution in [3.63, 3.8) is 0 Å². The Labute approximate surface area is 113 Å². The lowest BCUT2D eigenvalue weighted by atomic mass is 9.95. The fourth-order valence-corrected chi connectivity index (χ4v) is 2.86. The summed E-state index contributed by atoms with van der Waals surface area (Å²) in [6, 6.07) is 8.45. The molecule has 0 bridgehead atoms. The molecule has 98 valence electrons. The van der Waals surface area contributed by atoms with E-state index in [1.807, 2.05) is 19.1 Å². The van der Waals surface area contributed by atoms with E-state index in [0.717, 1.165) is 18.7 Å². The SMILES string of the molecule is CSCC(C)NC(=O)C1Cc2ccccc2CN1. The predicted octanol–water partition coefficient (Wildman–Crippen LogP) is 1.57. The van der Waals surface area contributed by atoms with Gasteiger partial charge in [0.15, 0.2) is 0 Å². The Morgan fingerprint density at radius 2 is 2.22 bits per heavy atom. The van der Waals surface area contributed by atoms with Crippen LogP contribution in [0, 0.1) is 0 Å². The van der Waals surface area contributed by atoms with Gasteiger partial charge < -0.3 is 10.6 Å². The summed E-state index contributed by atoms with van der Waals surface area (Å²) in [5.41, 5.74) is 2.59. The van der Waals surface area contributed by atoms with Gasteiger partial charge in [0, 0.05) is 18.3 Å². The van der Waals surface area contributed by atoms with Crippen molar-refractivity contribution < 1.29 is 4.79 Å². The van der Waals surface area contributed by atoms with Gasteiger partial charge in [0.1, 0.15) is 0 Å². The van der Waals surface area contributed by atoms with Crippen molar-refractivity contribution in [1.82, 2.24) is 10.6 Å². The first-order chi connectivity index (χ1) is 8.70. The fraction of sp³-hybridized carbons (Fsp3) is 0.500. The molecule has 18 heavy (non-hydrogen) atoms. The summed E-state index contributed by atoms with van der Waals surface area (Å²) < 4.78 is 0. The number of amides is 1. The number of benzene rings is 1. The van der Waals surface area contributed by atoms with Crippen molar-refractivity contribution in [2.45, 2.75) is 32.0 Å². The van der Waals surface area contributed by atoms with E-state index in [4.69, 9.17) is 0 Å². The van der Waals surface area contributed by atoms with Crippen LogP contribution >= 0.6 is 11.8 Å². The van der Waals surface area contributed by atoms with Gasteiger partial charge in [-0.3, -0.25) is 4.79 Å². The predicted molar refractivity (Wildman–Crippen MR) is 76.8 cm³/mol. The second-order valence-corrected chi connectivity index (χ2v) is 5.68.